The molecule has 1 aromatic carbocycles. The van der Waals surface area contributed by atoms with Crippen molar-refractivity contribution in [3.05, 3.63) is 35.4 Å². The van der Waals surface area contributed by atoms with E-state index in [1.54, 1.807) is 6.07 Å². The Balaban J connectivity index is 1.73. The molecule has 0 N–H and O–H groups in total. The first-order valence-corrected chi connectivity index (χ1v) is 7.96. The number of hydrogen-bond donors (Lipinski definition) is 0. The van der Waals surface area contributed by atoms with Gasteiger partial charge >= 0.3 is 6.18 Å². The van der Waals surface area contributed by atoms with E-state index in [1.165, 1.54) is 37.8 Å². The second kappa shape index (κ2) is 5.32. The van der Waals surface area contributed by atoms with Gasteiger partial charge in [-0.15, -0.1) is 0 Å². The Morgan fingerprint density at radius 1 is 1.04 bits per heavy atom. The molecule has 3 aliphatic rings. The molecule has 1 aromatic rings. The summed E-state index contributed by atoms with van der Waals surface area (Å²) in [6.45, 7) is 0.0599. The molecule has 1 aliphatic heterocycles. The van der Waals surface area contributed by atoms with Gasteiger partial charge < -0.3 is 9.47 Å². The van der Waals surface area contributed by atoms with Gasteiger partial charge in [0.2, 0.25) is 6.79 Å². The first kappa shape index (κ1) is 14.7. The van der Waals surface area contributed by atoms with E-state index in [2.05, 4.69) is 0 Å². The summed E-state index contributed by atoms with van der Waals surface area (Å²) in [6, 6.07) is 3.13. The van der Waals surface area contributed by atoms with E-state index in [4.69, 9.17) is 9.47 Å². The van der Waals surface area contributed by atoms with Crippen molar-refractivity contribution in [2.45, 2.75) is 38.3 Å². The van der Waals surface area contributed by atoms with E-state index in [0.29, 0.717) is 28.6 Å². The summed E-state index contributed by atoms with van der Waals surface area (Å²) in [7, 11) is 0. The molecule has 5 heteroatoms. The summed E-state index contributed by atoms with van der Waals surface area (Å²) in [5.74, 6) is 1.51. The predicted octanol–water partition coefficient (Wildman–Crippen LogP) is 5.34. The number of hydrogen-bond acceptors (Lipinski definition) is 2. The molecule has 0 bridgehead atoms. The molecule has 122 valence electrons. The van der Waals surface area contributed by atoms with Crippen molar-refractivity contribution in [1.82, 2.24) is 0 Å². The van der Waals surface area contributed by atoms with Crippen molar-refractivity contribution < 1.29 is 22.6 Å². The summed E-state index contributed by atoms with van der Waals surface area (Å²) in [6.07, 6.45) is 4.49. The molecule has 0 amide bonds. The Hall–Kier alpha value is -1.91. The van der Waals surface area contributed by atoms with Crippen molar-refractivity contribution in [2.75, 3.05) is 6.79 Å². The lowest BCUT2D eigenvalue weighted by Gasteiger charge is -2.10. The second-order valence-corrected chi connectivity index (χ2v) is 6.35. The average Bonchev–Trinajstić information content (AvgIpc) is 3.21. The summed E-state index contributed by atoms with van der Waals surface area (Å²) < 4.78 is 50.6. The fourth-order valence-electron chi connectivity index (χ4n) is 3.66. The topological polar surface area (TPSA) is 18.5 Å². The van der Waals surface area contributed by atoms with Crippen LogP contribution in [0, 0.1) is 5.92 Å². The summed E-state index contributed by atoms with van der Waals surface area (Å²) >= 11 is 0. The average molecular weight is 322 g/mol. The molecule has 0 atom stereocenters. The lowest BCUT2D eigenvalue weighted by molar-refractivity contribution is -0.0687. The van der Waals surface area contributed by atoms with Gasteiger partial charge in [0.1, 0.15) is 0 Å². The highest BCUT2D eigenvalue weighted by atomic mass is 19.4. The van der Waals surface area contributed by atoms with E-state index < -0.39 is 11.7 Å². The van der Waals surface area contributed by atoms with Crippen LogP contribution in [0.4, 0.5) is 13.2 Å². The Bertz CT molecular complexity index is 695. The molecule has 1 heterocycles. The third-order valence-corrected chi connectivity index (χ3v) is 4.86. The maximum absolute atomic E-state index is 13.3. The number of allylic oxidation sites excluding steroid dienone is 4. The van der Waals surface area contributed by atoms with Crippen LogP contribution in [0.3, 0.4) is 0 Å². The zero-order valence-electron chi connectivity index (χ0n) is 12.6. The van der Waals surface area contributed by atoms with Gasteiger partial charge in [0.05, 0.1) is 5.57 Å². The van der Waals surface area contributed by atoms with Crippen molar-refractivity contribution in [1.29, 1.82) is 0 Å². The van der Waals surface area contributed by atoms with Gasteiger partial charge in [-0.05, 0) is 47.2 Å². The van der Waals surface area contributed by atoms with Crippen LogP contribution in [-0.2, 0) is 0 Å². The highest BCUT2D eigenvalue weighted by Gasteiger charge is 2.40. The van der Waals surface area contributed by atoms with Crippen LogP contribution in [-0.4, -0.2) is 13.0 Å². The maximum Gasteiger partial charge on any atom is 0.417 e. The molecular formula is C18H17F3O2. The zero-order chi connectivity index (χ0) is 16.0. The van der Waals surface area contributed by atoms with Gasteiger partial charge in [-0.25, -0.2) is 0 Å². The summed E-state index contributed by atoms with van der Waals surface area (Å²) in [4.78, 5) is 0. The van der Waals surface area contributed by atoms with Crippen molar-refractivity contribution in [3.63, 3.8) is 0 Å². The molecule has 1 fully saturated rings. The molecule has 2 nitrogen and oxygen atoms in total. The number of benzene rings is 1. The first-order valence-electron chi connectivity index (χ1n) is 7.96. The quantitative estimate of drug-likeness (QED) is 0.732. The second-order valence-electron chi connectivity index (χ2n) is 6.35. The molecule has 2 aliphatic carbocycles. The van der Waals surface area contributed by atoms with E-state index in [-0.39, 0.29) is 12.4 Å². The lowest BCUT2D eigenvalue weighted by Crippen LogP contribution is -2.09. The van der Waals surface area contributed by atoms with Crippen LogP contribution >= 0.6 is 0 Å². The number of rotatable bonds is 2. The molecule has 0 saturated heterocycles. The fraction of sp³-hybridized carbons (Fsp3) is 0.444. The third kappa shape index (κ3) is 2.62. The highest BCUT2D eigenvalue weighted by molar-refractivity contribution is 5.98. The molecule has 1 saturated carbocycles. The Morgan fingerprint density at radius 2 is 1.70 bits per heavy atom. The summed E-state index contributed by atoms with van der Waals surface area (Å²) in [5.41, 5.74) is 0.847. The van der Waals surface area contributed by atoms with Crippen LogP contribution in [0.1, 0.15) is 43.2 Å². The number of ether oxygens (including phenoxy) is 2. The van der Waals surface area contributed by atoms with Crippen LogP contribution in [0.15, 0.2) is 24.3 Å². The lowest BCUT2D eigenvalue weighted by atomic mass is 9.98. The third-order valence-electron chi connectivity index (χ3n) is 4.86. The van der Waals surface area contributed by atoms with Gasteiger partial charge in [-0.2, -0.15) is 13.2 Å². The number of halogens is 3. The molecule has 0 unspecified atom stereocenters. The smallest absolute Gasteiger partial charge is 0.417 e. The Labute approximate surface area is 132 Å². The maximum atomic E-state index is 13.3. The van der Waals surface area contributed by atoms with E-state index in [0.717, 1.165) is 6.42 Å². The molecule has 0 radical (unpaired) electrons. The minimum absolute atomic E-state index is 0.0599. The number of fused-ring (bicyclic) bond motifs is 2. The monoisotopic (exact) mass is 322 g/mol. The van der Waals surface area contributed by atoms with Gasteiger partial charge in [0.25, 0.3) is 0 Å². The van der Waals surface area contributed by atoms with E-state index in [1.807, 2.05) is 6.08 Å². The van der Waals surface area contributed by atoms with Crippen molar-refractivity contribution in [3.8, 4) is 11.5 Å². The fourth-order valence-corrected chi connectivity index (χ4v) is 3.66. The molecule has 0 aromatic heterocycles. The minimum atomic E-state index is -4.37. The summed E-state index contributed by atoms with van der Waals surface area (Å²) in [5, 5.41) is 0. The van der Waals surface area contributed by atoms with Crippen LogP contribution in [0.25, 0.3) is 11.1 Å². The normalized spacial score (nSPS) is 21.9. The largest absolute Gasteiger partial charge is 0.454 e. The van der Waals surface area contributed by atoms with Gasteiger partial charge in [-0.1, -0.05) is 31.8 Å². The van der Waals surface area contributed by atoms with Gasteiger partial charge in [0.15, 0.2) is 11.5 Å². The molecule has 0 spiro atoms. The van der Waals surface area contributed by atoms with E-state index in [9.17, 15) is 13.2 Å². The Morgan fingerprint density at radius 3 is 2.35 bits per heavy atom. The first-order chi connectivity index (χ1) is 11.0. The minimum Gasteiger partial charge on any atom is -0.454 e. The predicted molar refractivity (Wildman–Crippen MR) is 81.1 cm³/mol. The van der Waals surface area contributed by atoms with Crippen molar-refractivity contribution >= 4 is 11.1 Å². The van der Waals surface area contributed by atoms with Crippen molar-refractivity contribution in [2.24, 2.45) is 5.92 Å². The molecule has 23 heavy (non-hydrogen) atoms. The number of alkyl halides is 3. The standard InChI is InChI=1S/C18H17F3O2/c19-18(20,21)15-7-12(6-5-11-3-1-2-4-11)13-8-16-17(9-14(13)15)23-10-22-16/h6-9,11H,1-5,10H2/b12-6-. The van der Waals surface area contributed by atoms with Crippen LogP contribution < -0.4 is 9.47 Å². The van der Waals surface area contributed by atoms with Crippen LogP contribution in [0.5, 0.6) is 11.5 Å². The van der Waals surface area contributed by atoms with Gasteiger partial charge in [0, 0.05) is 0 Å². The van der Waals surface area contributed by atoms with Gasteiger partial charge in [-0.3, -0.25) is 0 Å². The highest BCUT2D eigenvalue weighted by Crippen LogP contribution is 2.49. The Kier molecular flexibility index (Phi) is 3.39. The van der Waals surface area contributed by atoms with Crippen LogP contribution in [0.2, 0.25) is 0 Å². The molecular weight excluding hydrogens is 305 g/mol. The SMILES string of the molecule is FC(F)(F)C1=C/C(=C/CC2CCCC2)c2cc3c(cc21)OCO3. The van der Waals surface area contributed by atoms with E-state index >= 15 is 0 Å². The zero-order valence-corrected chi connectivity index (χ0v) is 12.6. The molecule has 4 rings (SSSR count).